The maximum Gasteiger partial charge on any atom is 2.00 e. The van der Waals surface area contributed by atoms with E-state index < -0.39 is 34.9 Å². The van der Waals surface area contributed by atoms with Crippen molar-refractivity contribution in [2.45, 2.75) is 120 Å². The van der Waals surface area contributed by atoms with E-state index in [9.17, 15) is 41.2 Å². The van der Waals surface area contributed by atoms with E-state index in [1.54, 1.807) is 166 Å². The Bertz CT molecular complexity index is 5240. The van der Waals surface area contributed by atoms with Crippen molar-refractivity contribution in [3.05, 3.63) is 344 Å². The van der Waals surface area contributed by atoms with Crippen LogP contribution in [0, 0.1) is 19.9 Å². The quantitative estimate of drug-likeness (QED) is 0.0207. The van der Waals surface area contributed by atoms with Crippen LogP contribution in [0.2, 0.25) is 25.1 Å². The normalized spacial score (nSPS) is 13.6. The number of alkyl halides is 3. The molecule has 0 aromatic heterocycles. The molecular weight excluding hydrogens is 2320 g/mol. The van der Waals surface area contributed by atoms with E-state index >= 15 is 0 Å². The van der Waals surface area contributed by atoms with Crippen LogP contribution in [0.5, 0.6) is 0 Å². The maximum absolute atomic E-state index is 12.4. The summed E-state index contributed by atoms with van der Waals surface area (Å²) in [5, 5.41) is 5.16. The molecule has 12 rings (SSSR count). The van der Waals surface area contributed by atoms with Gasteiger partial charge in [0.1, 0.15) is 0 Å². The summed E-state index contributed by atoms with van der Waals surface area (Å²) in [5.41, 5.74) is 9.04. The minimum Gasteiger partial charge on any atom is -1.00 e. The van der Waals surface area contributed by atoms with Crippen LogP contribution in [0.3, 0.4) is 0 Å². The monoisotopic (exact) mass is 2400 g/mol. The zero-order valence-corrected chi connectivity index (χ0v) is 92.8. The molecule has 0 bridgehead atoms. The molecule has 123 heavy (non-hydrogen) atoms. The SMILES string of the molecule is CC1(C)OB(B2OC(C)(C)C(C)(C)O2)OC1(C)C.CCS(=O)(=O)Cc1ccc(C(=O)c2ccc(Cl)cc2)c(Br)c1.CCS(=O)[O-].CON(C)C(=O)c1ccc(C)cc1Br.Cc1ccc(C(=O)c2ccc(Cl)cc2)c(Br)c1.Clc1cc[c-]cc1.O=C(c1ccc(Cl)cc1)c1ccc(C(Br)Br)cc1Br.O=C(c1ccc(Cl)cc1)c1ccc(CBr)cc1Br.[Br-].[Mg+2].[Na+]. The Kier molecular flexibility index (Phi) is 52.7. The van der Waals surface area contributed by atoms with Gasteiger partial charge >= 0.3 is 66.6 Å². The number of benzene rings is 10. The van der Waals surface area contributed by atoms with Crippen LogP contribution in [-0.4, -0.2) is 136 Å². The number of carbonyl (C=O) groups is 5. The number of amides is 1. The summed E-state index contributed by atoms with van der Waals surface area (Å²) in [6.07, 6.45) is 0. The summed E-state index contributed by atoms with van der Waals surface area (Å²) in [6.45, 7) is 23.4. The minimum absolute atomic E-state index is 0. The molecule has 1 atom stereocenters. The molecule has 0 radical (unpaired) electrons. The van der Waals surface area contributed by atoms with E-state index in [0.717, 1.165) is 50.5 Å². The van der Waals surface area contributed by atoms with E-state index in [1.807, 2.05) is 136 Å². The van der Waals surface area contributed by atoms with E-state index in [2.05, 4.69) is 134 Å². The summed E-state index contributed by atoms with van der Waals surface area (Å²) in [5.74, 6) is -0.0788. The Morgan fingerprint density at radius 1 is 0.480 bits per heavy atom. The van der Waals surface area contributed by atoms with Gasteiger partial charge in [0.05, 0.1) is 44.6 Å². The maximum atomic E-state index is 12.4. The third kappa shape index (κ3) is 37.5. The largest absolute Gasteiger partial charge is 2.00 e. The second-order valence-corrected chi connectivity index (χ2v) is 41.9. The zero-order chi connectivity index (χ0) is 89.9. The number of hydroxylamine groups is 2. The number of hydrogen-bond acceptors (Lipinski definition) is 14. The van der Waals surface area contributed by atoms with Crippen LogP contribution in [0.15, 0.2) is 235 Å². The van der Waals surface area contributed by atoms with Gasteiger partial charge in [-0.15, -0.1) is 11.6 Å². The summed E-state index contributed by atoms with van der Waals surface area (Å²) in [4.78, 5) is 65.8. The van der Waals surface area contributed by atoms with Gasteiger partial charge in [0.15, 0.2) is 33.0 Å². The summed E-state index contributed by atoms with van der Waals surface area (Å²) in [7, 11) is -1.02. The topological polar surface area (TPSA) is 209 Å². The molecule has 1 unspecified atom stereocenters. The molecule has 1 amide bonds. The second-order valence-electron chi connectivity index (χ2n) is 28.3. The molecule has 0 aliphatic carbocycles. The van der Waals surface area contributed by atoms with Crippen molar-refractivity contribution >= 4 is 272 Å². The second kappa shape index (κ2) is 55.4. The standard InChI is InChI=1S/C16H14BrClO3S.C14H8Br3ClO.C14H9Br2ClO.C14H10BrClO.C12H24B2O4.C10H12BrNO2.C6H4Cl.C2H6O2S.BrH.Mg.Na/c1-2-22(20,21)10-11-3-8-14(15(17)9-11)16(19)12-4-6-13(18)7-5-12;15-12-7-9(14(16)17)3-6-11(12)13(19)8-1-4-10(18)5-2-8;15-8-9-1-6-12(13(16)7-9)14(18)10-2-4-11(17)5-3-10;1-9-2-7-12(13(15)8-9)14(17)10-3-5-11(16)6-4-10;1-9(2)10(3,4)16-13(15-9)14-17-11(5,6)12(7,8)18-14;1-7-4-5-8(9(11)6-7)10(13)12(2)14-3;7-6-4-2-1-3-5-6;1-2-5(3)4;;;/h3-9H,2,10H2,1H3;1-7,14H;1-7H,8H2;2-8H,1H3;1-8H3;4-6H,1-3H3;2-5H;2H2,1H3,(H,3,4);1H;;/q;;;;;;-1;;;+2;+1/p-2. The van der Waals surface area contributed by atoms with Crippen molar-refractivity contribution in [2.24, 2.45) is 0 Å². The predicted molar refractivity (Wildman–Crippen MR) is 523 cm³/mol. The van der Waals surface area contributed by atoms with Gasteiger partial charge in [0.2, 0.25) is 0 Å². The van der Waals surface area contributed by atoms with Crippen molar-refractivity contribution in [1.29, 1.82) is 0 Å². The van der Waals surface area contributed by atoms with Crippen LogP contribution in [0.4, 0.5) is 0 Å². The van der Waals surface area contributed by atoms with E-state index in [4.69, 9.17) is 81.5 Å². The van der Waals surface area contributed by atoms with Gasteiger partial charge in [-0.05, 0) is 271 Å². The number of rotatable bonds is 17. The molecule has 2 saturated heterocycles. The summed E-state index contributed by atoms with van der Waals surface area (Å²) < 4.78 is 69.7. The first-order valence-corrected chi connectivity index (χ1v) is 48.3. The molecule has 2 fully saturated rings. The fourth-order valence-electron chi connectivity index (χ4n) is 10.1. The average molecular weight is 2410 g/mol. The first kappa shape index (κ1) is 117. The van der Waals surface area contributed by atoms with E-state index in [-0.39, 0.29) is 142 Å². The molecule has 2 aliphatic rings. The van der Waals surface area contributed by atoms with Gasteiger partial charge in [-0.3, -0.25) is 33.0 Å². The van der Waals surface area contributed by atoms with Crippen LogP contribution >= 0.6 is 185 Å². The molecule has 0 N–H and O–H groups in total. The summed E-state index contributed by atoms with van der Waals surface area (Å²) >= 11 is 54.1. The van der Waals surface area contributed by atoms with Crippen molar-refractivity contribution < 1.29 is 111 Å². The van der Waals surface area contributed by atoms with Gasteiger partial charge < -0.3 is 40.2 Å². The predicted octanol–water partition coefficient (Wildman–Crippen LogP) is 20.6. The smallest absolute Gasteiger partial charge is 1.00 e. The number of carbonyl (C=O) groups excluding carboxylic acids is 5. The Hall–Kier alpha value is -2.12. The van der Waals surface area contributed by atoms with Gasteiger partial charge in [0.25, 0.3) is 5.91 Å². The molecule has 646 valence electrons. The molecule has 0 saturated carbocycles. The first-order valence-electron chi connectivity index (χ1n) is 36.5. The molecule has 10 aromatic carbocycles. The molecule has 35 heteroatoms. The molecule has 15 nitrogen and oxygen atoms in total. The number of hydrogen-bond donors (Lipinski definition) is 0. The molecule has 0 spiro atoms. The average Bonchev–Trinajstić information content (AvgIpc) is 1.59. The summed E-state index contributed by atoms with van der Waals surface area (Å²) in [6, 6.07) is 64.9. The van der Waals surface area contributed by atoms with Crippen LogP contribution in [0.1, 0.15) is 175 Å². The van der Waals surface area contributed by atoms with Gasteiger partial charge in [-0.1, -0.05) is 218 Å². The van der Waals surface area contributed by atoms with Crippen molar-refractivity contribution in [1.82, 2.24) is 5.06 Å². The number of nitrogens with zero attached hydrogens (tertiary/aromatic N) is 1. The van der Waals surface area contributed by atoms with E-state index in [0.29, 0.717) is 80.2 Å². The third-order valence-electron chi connectivity index (χ3n) is 18.4. The Balaban J connectivity index is 0.000000485. The zero-order valence-electron chi connectivity index (χ0n) is 69.7. The Morgan fingerprint density at radius 3 is 1.02 bits per heavy atom. The van der Waals surface area contributed by atoms with Gasteiger partial charge in [0, 0.05) is 111 Å². The number of sulfone groups is 1. The number of halogens is 14. The minimum atomic E-state index is -3.10. The van der Waals surface area contributed by atoms with Crippen LogP contribution in [0.25, 0.3) is 0 Å². The van der Waals surface area contributed by atoms with Crippen molar-refractivity contribution in [3.8, 4) is 0 Å². The molecule has 2 heterocycles. The van der Waals surface area contributed by atoms with Crippen LogP contribution in [-0.2, 0) is 55.5 Å². The van der Waals surface area contributed by atoms with Gasteiger partial charge in [-0.25, -0.2) is 13.5 Å². The fraction of sp³-hybridized carbons (Fsp3) is 0.261. The fourth-order valence-corrected chi connectivity index (χ4v) is 15.7. The molecular formula is C88H86B2Br9Cl5MgNNaO14S2. The Morgan fingerprint density at radius 2 is 0.756 bits per heavy atom. The molecule has 2 aliphatic heterocycles. The van der Waals surface area contributed by atoms with Crippen molar-refractivity contribution in [3.63, 3.8) is 0 Å². The molecule has 10 aromatic rings. The Labute approximate surface area is 867 Å². The van der Waals surface area contributed by atoms with Crippen LogP contribution < -0.4 is 46.5 Å². The number of aryl methyl sites for hydroxylation is 2. The number of ketones is 4. The van der Waals surface area contributed by atoms with Crippen molar-refractivity contribution in [2.75, 3.05) is 25.7 Å². The third-order valence-corrected chi connectivity index (χ3v) is 26.8. The van der Waals surface area contributed by atoms with Gasteiger partial charge in [-0.2, -0.15) is 30.3 Å². The first-order chi connectivity index (χ1) is 56.1. The van der Waals surface area contributed by atoms with E-state index in [1.165, 1.54) is 12.2 Å².